The fraction of sp³-hybridized carbons (Fsp3) is 0.0909. The lowest BCUT2D eigenvalue weighted by atomic mass is 10.1. The Kier molecular flexibility index (Phi) is 5.63. The zero-order chi connectivity index (χ0) is 22.1. The molecule has 3 N–H and O–H groups in total. The van der Waals surface area contributed by atoms with Crippen molar-refractivity contribution in [2.24, 2.45) is 0 Å². The summed E-state index contributed by atoms with van der Waals surface area (Å²) in [6.45, 7) is -0.552. The van der Waals surface area contributed by atoms with Crippen LogP contribution < -0.4 is 15.8 Å². The number of hydrogen-bond acceptors (Lipinski definition) is 6. The minimum Gasteiger partial charge on any atom is -0.495 e. The van der Waals surface area contributed by atoms with E-state index < -0.39 is 18.5 Å². The van der Waals surface area contributed by atoms with Crippen LogP contribution in [-0.4, -0.2) is 25.6 Å². The van der Waals surface area contributed by atoms with Gasteiger partial charge in [0.25, 0.3) is 5.91 Å². The third kappa shape index (κ3) is 4.10. The number of hydrogen-bond donors (Lipinski definition) is 2. The number of halogens is 2. The molecular formula is C22H16Cl2N2O5. The van der Waals surface area contributed by atoms with Gasteiger partial charge in [-0.25, -0.2) is 4.79 Å². The van der Waals surface area contributed by atoms with E-state index in [0.29, 0.717) is 17.0 Å². The maximum Gasteiger partial charge on any atom is 0.340 e. The van der Waals surface area contributed by atoms with Crippen LogP contribution in [-0.2, 0) is 9.53 Å². The second kappa shape index (κ2) is 8.37. The van der Waals surface area contributed by atoms with Crippen molar-refractivity contribution in [1.29, 1.82) is 0 Å². The molecule has 4 aromatic rings. The molecule has 3 aromatic carbocycles. The van der Waals surface area contributed by atoms with Crippen LogP contribution in [0.15, 0.2) is 52.9 Å². The molecule has 0 saturated carbocycles. The Bertz CT molecular complexity index is 1330. The van der Waals surface area contributed by atoms with Crippen molar-refractivity contribution in [2.45, 2.75) is 0 Å². The van der Waals surface area contributed by atoms with Gasteiger partial charge in [-0.15, -0.1) is 0 Å². The predicted octanol–water partition coefficient (Wildman–Crippen LogP) is 5.28. The smallest absolute Gasteiger partial charge is 0.340 e. The van der Waals surface area contributed by atoms with Gasteiger partial charge in [0.2, 0.25) is 0 Å². The number of rotatable bonds is 5. The Hall–Kier alpha value is -3.42. The number of fused-ring (bicyclic) bond motifs is 3. The van der Waals surface area contributed by atoms with E-state index in [1.807, 2.05) is 24.3 Å². The van der Waals surface area contributed by atoms with Gasteiger partial charge in [-0.2, -0.15) is 0 Å². The molecule has 0 unspecified atom stereocenters. The Balaban J connectivity index is 1.52. The molecule has 4 rings (SSSR count). The predicted molar refractivity (Wildman–Crippen MR) is 120 cm³/mol. The lowest BCUT2D eigenvalue weighted by Gasteiger charge is -2.11. The number of methoxy groups -OCH3 is 1. The largest absolute Gasteiger partial charge is 0.495 e. The van der Waals surface area contributed by atoms with Crippen LogP contribution in [0.3, 0.4) is 0 Å². The zero-order valence-electron chi connectivity index (χ0n) is 16.2. The van der Waals surface area contributed by atoms with E-state index in [4.69, 9.17) is 42.8 Å². The number of esters is 1. The second-order valence-electron chi connectivity index (χ2n) is 6.62. The summed E-state index contributed by atoms with van der Waals surface area (Å²) < 4.78 is 16.3. The number of carbonyl (C=O) groups excluding carboxylic acids is 2. The fourth-order valence-corrected chi connectivity index (χ4v) is 3.66. The quantitative estimate of drug-likeness (QED) is 0.311. The molecule has 0 aliphatic carbocycles. The highest BCUT2D eigenvalue weighted by molar-refractivity contribution is 6.37. The Morgan fingerprint density at radius 2 is 1.84 bits per heavy atom. The lowest BCUT2D eigenvalue weighted by molar-refractivity contribution is -0.119. The van der Waals surface area contributed by atoms with Crippen molar-refractivity contribution in [2.75, 3.05) is 24.8 Å². The van der Waals surface area contributed by atoms with Gasteiger partial charge in [-0.3, -0.25) is 4.79 Å². The first-order valence-electron chi connectivity index (χ1n) is 9.08. The van der Waals surface area contributed by atoms with E-state index in [1.54, 1.807) is 12.1 Å². The van der Waals surface area contributed by atoms with Gasteiger partial charge < -0.3 is 24.9 Å². The number of para-hydroxylation sites is 1. The van der Waals surface area contributed by atoms with Gasteiger partial charge >= 0.3 is 5.97 Å². The van der Waals surface area contributed by atoms with Gasteiger partial charge in [0.1, 0.15) is 16.9 Å². The highest BCUT2D eigenvalue weighted by Crippen LogP contribution is 2.36. The molecule has 1 aromatic heterocycles. The molecule has 7 nitrogen and oxygen atoms in total. The van der Waals surface area contributed by atoms with Crippen LogP contribution in [0.5, 0.6) is 5.75 Å². The summed E-state index contributed by atoms with van der Waals surface area (Å²) in [5, 5.41) is 4.78. The van der Waals surface area contributed by atoms with Crippen LogP contribution in [0.25, 0.3) is 21.9 Å². The van der Waals surface area contributed by atoms with Crippen molar-refractivity contribution < 1.29 is 23.5 Å². The van der Waals surface area contributed by atoms with E-state index in [2.05, 4.69) is 5.32 Å². The van der Waals surface area contributed by atoms with Crippen LogP contribution >= 0.6 is 23.2 Å². The Morgan fingerprint density at radius 3 is 2.61 bits per heavy atom. The van der Waals surface area contributed by atoms with E-state index in [-0.39, 0.29) is 21.3 Å². The second-order valence-corrected chi connectivity index (χ2v) is 7.46. The highest BCUT2D eigenvalue weighted by Gasteiger charge is 2.18. The van der Waals surface area contributed by atoms with Gasteiger partial charge in [-0.05, 0) is 24.3 Å². The van der Waals surface area contributed by atoms with Crippen molar-refractivity contribution in [3.63, 3.8) is 0 Å². The molecule has 1 amide bonds. The number of amides is 1. The summed E-state index contributed by atoms with van der Waals surface area (Å²) in [6.07, 6.45) is 0. The number of carbonyl (C=O) groups is 2. The van der Waals surface area contributed by atoms with Crippen LogP contribution in [0.2, 0.25) is 10.0 Å². The van der Waals surface area contributed by atoms with Crippen molar-refractivity contribution in [1.82, 2.24) is 0 Å². The lowest BCUT2D eigenvalue weighted by Crippen LogP contribution is -2.21. The average molecular weight is 459 g/mol. The molecule has 158 valence electrons. The standard InChI is InChI=1S/C22H16Cl2N2O5/c1-29-19-8-13-12-4-2-3-5-17(12)31-18(13)9-16(19)26-20(27)10-30-22(28)14-6-11(23)7-15(24)21(14)25/h2-9H,10,25H2,1H3,(H,26,27). The zero-order valence-corrected chi connectivity index (χ0v) is 17.7. The summed E-state index contributed by atoms with van der Waals surface area (Å²) in [5.74, 6) is -0.963. The summed E-state index contributed by atoms with van der Waals surface area (Å²) in [5.41, 5.74) is 7.46. The molecule has 0 fully saturated rings. The summed E-state index contributed by atoms with van der Waals surface area (Å²) in [4.78, 5) is 24.7. The molecule has 0 bridgehead atoms. The number of benzene rings is 3. The normalized spacial score (nSPS) is 10.9. The SMILES string of the molecule is COc1cc2c(cc1NC(=O)COC(=O)c1cc(Cl)cc(Cl)c1N)oc1ccccc12. The third-order valence-corrected chi connectivity index (χ3v) is 5.15. The summed E-state index contributed by atoms with van der Waals surface area (Å²) >= 11 is 11.8. The van der Waals surface area contributed by atoms with Crippen LogP contribution in [0, 0.1) is 0 Å². The van der Waals surface area contributed by atoms with Crippen LogP contribution in [0.1, 0.15) is 10.4 Å². The van der Waals surface area contributed by atoms with Crippen molar-refractivity contribution in [3.05, 3.63) is 64.1 Å². The monoisotopic (exact) mass is 458 g/mol. The molecule has 0 aliphatic rings. The number of anilines is 2. The Morgan fingerprint density at radius 1 is 1.06 bits per heavy atom. The minimum absolute atomic E-state index is 0.0217. The number of nitrogens with two attached hydrogens (primary N) is 1. The van der Waals surface area contributed by atoms with Gasteiger partial charge in [-0.1, -0.05) is 41.4 Å². The highest BCUT2D eigenvalue weighted by atomic mass is 35.5. The number of ether oxygens (including phenoxy) is 2. The molecule has 0 saturated heterocycles. The van der Waals surface area contributed by atoms with Gasteiger partial charge in [0, 0.05) is 21.9 Å². The Labute approximate surface area is 186 Å². The molecule has 1 heterocycles. The number of furan rings is 1. The number of nitrogens with one attached hydrogen (secondary N) is 1. The topological polar surface area (TPSA) is 104 Å². The molecular weight excluding hydrogens is 443 g/mol. The molecule has 0 atom stereocenters. The summed E-state index contributed by atoms with van der Waals surface area (Å²) in [6, 6.07) is 13.7. The van der Waals surface area contributed by atoms with Crippen molar-refractivity contribution in [3.8, 4) is 5.75 Å². The molecule has 0 aliphatic heterocycles. The fourth-order valence-electron chi connectivity index (χ4n) is 3.17. The molecule has 0 radical (unpaired) electrons. The summed E-state index contributed by atoms with van der Waals surface area (Å²) in [7, 11) is 1.49. The third-order valence-electron chi connectivity index (χ3n) is 4.62. The van der Waals surface area contributed by atoms with E-state index in [1.165, 1.54) is 19.2 Å². The first kappa shape index (κ1) is 20.8. The molecule has 0 spiro atoms. The molecule has 31 heavy (non-hydrogen) atoms. The van der Waals surface area contributed by atoms with E-state index >= 15 is 0 Å². The maximum atomic E-state index is 12.4. The van der Waals surface area contributed by atoms with Crippen LogP contribution in [0.4, 0.5) is 11.4 Å². The molecule has 9 heteroatoms. The minimum atomic E-state index is -0.822. The van der Waals surface area contributed by atoms with E-state index in [9.17, 15) is 9.59 Å². The maximum absolute atomic E-state index is 12.4. The average Bonchev–Trinajstić information content (AvgIpc) is 3.11. The first-order valence-corrected chi connectivity index (χ1v) is 9.83. The van der Waals surface area contributed by atoms with E-state index in [0.717, 1.165) is 16.4 Å². The van der Waals surface area contributed by atoms with Gasteiger partial charge in [0.15, 0.2) is 6.61 Å². The van der Waals surface area contributed by atoms with Crippen molar-refractivity contribution >= 4 is 68.4 Å². The van der Waals surface area contributed by atoms with Gasteiger partial charge in [0.05, 0.1) is 29.1 Å². The number of nitrogen functional groups attached to an aromatic ring is 1. The first-order chi connectivity index (χ1) is 14.9.